The SMILES string of the molecule is Cc1cccc(OC(C)C(=O)NNC(=O)c2cc3cc(Cl)ccc3nc2C)c1C. The molecule has 29 heavy (non-hydrogen) atoms. The van der Waals surface area contributed by atoms with Crippen molar-refractivity contribution in [3.05, 3.63) is 69.9 Å². The number of amides is 2. The average molecular weight is 412 g/mol. The van der Waals surface area contributed by atoms with Crippen molar-refractivity contribution in [1.29, 1.82) is 0 Å². The number of fused-ring (bicyclic) bond motifs is 1. The lowest BCUT2D eigenvalue weighted by molar-refractivity contribution is -0.128. The van der Waals surface area contributed by atoms with Crippen molar-refractivity contribution < 1.29 is 14.3 Å². The molecule has 3 rings (SSSR count). The number of nitrogens with zero attached hydrogens (tertiary/aromatic N) is 1. The van der Waals surface area contributed by atoms with Gasteiger partial charge in [-0.05, 0) is 69.2 Å². The number of hydrazine groups is 1. The van der Waals surface area contributed by atoms with Crippen LogP contribution < -0.4 is 15.6 Å². The molecule has 0 bridgehead atoms. The molecule has 2 amide bonds. The van der Waals surface area contributed by atoms with Gasteiger partial charge in [-0.2, -0.15) is 0 Å². The second kappa shape index (κ2) is 8.49. The molecule has 7 heteroatoms. The Morgan fingerprint density at radius 2 is 1.83 bits per heavy atom. The Morgan fingerprint density at radius 1 is 1.07 bits per heavy atom. The highest BCUT2D eigenvalue weighted by Crippen LogP contribution is 2.22. The van der Waals surface area contributed by atoms with E-state index in [-0.39, 0.29) is 0 Å². The molecule has 0 aliphatic heterocycles. The molecule has 150 valence electrons. The van der Waals surface area contributed by atoms with E-state index < -0.39 is 17.9 Å². The molecule has 2 aromatic carbocycles. The zero-order valence-corrected chi connectivity index (χ0v) is 17.4. The van der Waals surface area contributed by atoms with Crippen LogP contribution in [0.1, 0.15) is 34.1 Å². The summed E-state index contributed by atoms with van der Waals surface area (Å²) < 4.78 is 5.73. The number of aryl methyl sites for hydroxylation is 2. The predicted octanol–water partition coefficient (Wildman–Crippen LogP) is 4.04. The van der Waals surface area contributed by atoms with E-state index in [4.69, 9.17) is 16.3 Å². The normalized spacial score (nSPS) is 11.8. The van der Waals surface area contributed by atoms with E-state index in [0.717, 1.165) is 22.0 Å². The number of aromatic nitrogens is 1. The van der Waals surface area contributed by atoms with Crippen molar-refractivity contribution in [2.24, 2.45) is 0 Å². The quantitative estimate of drug-likeness (QED) is 0.635. The van der Waals surface area contributed by atoms with Crippen molar-refractivity contribution in [1.82, 2.24) is 15.8 Å². The van der Waals surface area contributed by atoms with Crippen molar-refractivity contribution in [3.63, 3.8) is 0 Å². The first-order chi connectivity index (χ1) is 13.8. The zero-order valence-electron chi connectivity index (χ0n) is 16.7. The van der Waals surface area contributed by atoms with E-state index in [1.165, 1.54) is 0 Å². The maximum absolute atomic E-state index is 12.5. The third kappa shape index (κ3) is 4.66. The molecule has 1 aromatic heterocycles. The highest BCUT2D eigenvalue weighted by atomic mass is 35.5. The summed E-state index contributed by atoms with van der Waals surface area (Å²) >= 11 is 6.02. The molecule has 0 fully saturated rings. The van der Waals surface area contributed by atoms with Crippen LogP contribution in [-0.4, -0.2) is 22.9 Å². The van der Waals surface area contributed by atoms with Gasteiger partial charge in [0, 0.05) is 10.4 Å². The summed E-state index contributed by atoms with van der Waals surface area (Å²) in [5.74, 6) is -0.303. The summed E-state index contributed by atoms with van der Waals surface area (Å²) in [6.45, 7) is 7.25. The Labute approximate surface area is 174 Å². The van der Waals surface area contributed by atoms with E-state index in [2.05, 4.69) is 15.8 Å². The number of rotatable bonds is 4. The van der Waals surface area contributed by atoms with Gasteiger partial charge in [0.25, 0.3) is 11.8 Å². The monoisotopic (exact) mass is 411 g/mol. The van der Waals surface area contributed by atoms with E-state index in [1.807, 2.05) is 26.0 Å². The van der Waals surface area contributed by atoms with Crippen molar-refractivity contribution in [3.8, 4) is 5.75 Å². The second-order valence-corrected chi connectivity index (χ2v) is 7.30. The maximum atomic E-state index is 12.5. The van der Waals surface area contributed by atoms with Gasteiger partial charge in [0.15, 0.2) is 6.10 Å². The fourth-order valence-electron chi connectivity index (χ4n) is 2.86. The predicted molar refractivity (Wildman–Crippen MR) is 113 cm³/mol. The topological polar surface area (TPSA) is 80.3 Å². The van der Waals surface area contributed by atoms with Crippen molar-refractivity contribution in [2.45, 2.75) is 33.8 Å². The number of carbonyl (C=O) groups excluding carboxylic acids is 2. The minimum Gasteiger partial charge on any atom is -0.481 e. The van der Waals surface area contributed by atoms with Crippen LogP contribution in [0.2, 0.25) is 5.02 Å². The fraction of sp³-hybridized carbons (Fsp3) is 0.227. The van der Waals surface area contributed by atoms with Gasteiger partial charge in [0.1, 0.15) is 5.75 Å². The van der Waals surface area contributed by atoms with Gasteiger partial charge in [-0.15, -0.1) is 0 Å². The van der Waals surface area contributed by atoms with Gasteiger partial charge in [0.2, 0.25) is 0 Å². The number of nitrogens with one attached hydrogen (secondary N) is 2. The van der Waals surface area contributed by atoms with Crippen molar-refractivity contribution >= 4 is 34.3 Å². The first kappa shape index (κ1) is 20.6. The number of benzene rings is 2. The summed E-state index contributed by atoms with van der Waals surface area (Å²) in [6, 6.07) is 12.6. The molecule has 2 N–H and O–H groups in total. The van der Waals surface area contributed by atoms with Crippen LogP contribution in [0.25, 0.3) is 10.9 Å². The van der Waals surface area contributed by atoms with Crippen LogP contribution in [0.3, 0.4) is 0 Å². The minimum absolute atomic E-state index is 0.350. The van der Waals surface area contributed by atoms with Gasteiger partial charge < -0.3 is 4.74 Å². The van der Waals surface area contributed by atoms with Gasteiger partial charge in [-0.3, -0.25) is 25.4 Å². The van der Waals surface area contributed by atoms with Crippen molar-refractivity contribution in [2.75, 3.05) is 0 Å². The lowest BCUT2D eigenvalue weighted by Crippen LogP contribution is -2.47. The first-order valence-electron chi connectivity index (χ1n) is 9.16. The summed E-state index contributed by atoms with van der Waals surface area (Å²) in [5, 5.41) is 1.30. The van der Waals surface area contributed by atoms with Crippen LogP contribution in [0.15, 0.2) is 42.5 Å². The van der Waals surface area contributed by atoms with Crippen LogP contribution in [-0.2, 0) is 4.79 Å². The number of pyridine rings is 1. The number of hydrogen-bond donors (Lipinski definition) is 2. The molecule has 6 nitrogen and oxygen atoms in total. The molecular formula is C22H22ClN3O3. The third-order valence-electron chi connectivity index (χ3n) is 4.74. The molecule has 0 aliphatic carbocycles. The summed E-state index contributed by atoms with van der Waals surface area (Å²) in [7, 11) is 0. The fourth-order valence-corrected chi connectivity index (χ4v) is 3.04. The van der Waals surface area contributed by atoms with Gasteiger partial charge in [-0.25, -0.2) is 0 Å². The largest absolute Gasteiger partial charge is 0.481 e. The van der Waals surface area contributed by atoms with E-state index >= 15 is 0 Å². The average Bonchev–Trinajstić information content (AvgIpc) is 2.69. The molecule has 1 heterocycles. The van der Waals surface area contributed by atoms with E-state index in [1.54, 1.807) is 44.2 Å². The summed E-state index contributed by atoms with van der Waals surface area (Å²) in [4.78, 5) is 29.3. The maximum Gasteiger partial charge on any atom is 0.279 e. The third-order valence-corrected chi connectivity index (χ3v) is 4.97. The Bertz CT molecular complexity index is 1100. The molecule has 0 saturated carbocycles. The number of carbonyl (C=O) groups is 2. The molecule has 0 aliphatic rings. The molecule has 0 spiro atoms. The number of hydrogen-bond acceptors (Lipinski definition) is 4. The van der Waals surface area contributed by atoms with Gasteiger partial charge in [-0.1, -0.05) is 23.7 Å². The molecule has 1 unspecified atom stereocenters. The first-order valence-corrected chi connectivity index (χ1v) is 9.54. The van der Waals surface area contributed by atoms with Crippen LogP contribution in [0.4, 0.5) is 0 Å². The molecule has 1 atom stereocenters. The molecule has 3 aromatic rings. The lowest BCUT2D eigenvalue weighted by Gasteiger charge is -2.17. The number of ether oxygens (including phenoxy) is 1. The Balaban J connectivity index is 1.66. The minimum atomic E-state index is -0.787. The summed E-state index contributed by atoms with van der Waals surface area (Å²) in [6.07, 6.45) is -0.787. The molecular weight excluding hydrogens is 390 g/mol. The Morgan fingerprint density at radius 3 is 2.59 bits per heavy atom. The van der Waals surface area contributed by atoms with E-state index in [0.29, 0.717) is 22.0 Å². The molecule has 0 saturated heterocycles. The summed E-state index contributed by atoms with van der Waals surface area (Å²) in [5.41, 5.74) is 8.50. The van der Waals surface area contributed by atoms with Gasteiger partial charge in [0.05, 0.1) is 16.8 Å². The lowest BCUT2D eigenvalue weighted by atomic mass is 10.1. The Kier molecular flexibility index (Phi) is 6.03. The van der Waals surface area contributed by atoms with Crippen LogP contribution in [0, 0.1) is 20.8 Å². The van der Waals surface area contributed by atoms with E-state index in [9.17, 15) is 9.59 Å². The molecule has 0 radical (unpaired) electrons. The standard InChI is InChI=1S/C22H22ClN3O3/c1-12-6-5-7-20(13(12)2)29-15(4)21(27)25-26-22(28)18-11-16-10-17(23)8-9-19(16)24-14(18)3/h5-11,15H,1-4H3,(H,25,27)(H,26,28). The zero-order chi connectivity index (χ0) is 21.1. The van der Waals surface area contributed by atoms with Crippen LogP contribution in [0.5, 0.6) is 5.75 Å². The Hall–Kier alpha value is -3.12. The van der Waals surface area contributed by atoms with Crippen LogP contribution >= 0.6 is 11.6 Å². The highest BCUT2D eigenvalue weighted by molar-refractivity contribution is 6.31. The van der Waals surface area contributed by atoms with Gasteiger partial charge >= 0.3 is 0 Å². The number of halogens is 1. The highest BCUT2D eigenvalue weighted by Gasteiger charge is 2.18. The smallest absolute Gasteiger partial charge is 0.279 e. The second-order valence-electron chi connectivity index (χ2n) is 6.86.